The van der Waals surface area contributed by atoms with Crippen LogP contribution in [0.25, 0.3) is 11.1 Å². The number of hydrogen-bond donors (Lipinski definition) is 0. The molecule has 3 aromatic rings. The molecule has 0 N–H and O–H groups in total. The van der Waals surface area contributed by atoms with Crippen molar-refractivity contribution >= 4 is 45.2 Å². The highest BCUT2D eigenvalue weighted by atomic mass is 32.1. The lowest BCUT2D eigenvalue weighted by molar-refractivity contribution is -0.0188. The molecule has 0 aromatic carbocycles. The lowest BCUT2D eigenvalue weighted by atomic mass is 9.86. The van der Waals surface area contributed by atoms with Crippen molar-refractivity contribution in [2.75, 3.05) is 26.4 Å². The van der Waals surface area contributed by atoms with Gasteiger partial charge < -0.3 is 9.47 Å². The zero-order chi connectivity index (χ0) is 28.5. The van der Waals surface area contributed by atoms with Crippen LogP contribution >= 0.6 is 34.0 Å². The summed E-state index contributed by atoms with van der Waals surface area (Å²) in [6.07, 6.45) is 5.84. The van der Waals surface area contributed by atoms with Crippen LogP contribution in [-0.2, 0) is 22.3 Å². The first-order valence-electron chi connectivity index (χ1n) is 13.4. The van der Waals surface area contributed by atoms with Gasteiger partial charge in [-0.25, -0.2) is 0 Å². The van der Waals surface area contributed by atoms with E-state index in [4.69, 9.17) is 9.47 Å². The molecular weight excluding hydrogens is 557 g/mol. The SMILES string of the molecule is CCCCOCC1(COCCCC)Cc2c(/c(=c3/ccc(=C(C#N)C#N)s3)s/c2=c2/ccc(=C(C#N)C#N)s2)C1. The average molecular weight is 587 g/mol. The molecule has 4 rings (SSSR count). The van der Waals surface area contributed by atoms with Gasteiger partial charge >= 0.3 is 0 Å². The Morgan fingerprint density at radius 1 is 0.700 bits per heavy atom. The average Bonchev–Trinajstić information content (AvgIpc) is 3.75. The molecule has 9 heteroatoms. The van der Waals surface area contributed by atoms with Gasteiger partial charge in [0.2, 0.25) is 0 Å². The quantitative estimate of drug-likeness (QED) is 0.288. The Morgan fingerprint density at radius 2 is 1.12 bits per heavy atom. The van der Waals surface area contributed by atoms with Crippen molar-refractivity contribution in [1.29, 1.82) is 21.0 Å². The highest BCUT2D eigenvalue weighted by molar-refractivity contribution is 7.13. The summed E-state index contributed by atoms with van der Waals surface area (Å²) < 4.78 is 18.1. The van der Waals surface area contributed by atoms with Gasteiger partial charge in [-0.15, -0.1) is 34.0 Å². The third kappa shape index (κ3) is 6.37. The van der Waals surface area contributed by atoms with E-state index < -0.39 is 0 Å². The van der Waals surface area contributed by atoms with Crippen LogP contribution in [0.4, 0.5) is 0 Å². The second-order valence-electron chi connectivity index (χ2n) is 9.91. The van der Waals surface area contributed by atoms with E-state index in [1.54, 1.807) is 11.3 Å². The Labute approximate surface area is 245 Å². The summed E-state index contributed by atoms with van der Waals surface area (Å²) in [7, 11) is 0. The molecule has 3 aromatic heterocycles. The Bertz CT molecular complexity index is 1690. The van der Waals surface area contributed by atoms with Crippen LogP contribution in [0, 0.1) is 68.9 Å². The second-order valence-corrected chi connectivity index (χ2v) is 13.1. The molecule has 0 fully saturated rings. The molecule has 1 aliphatic rings. The van der Waals surface area contributed by atoms with Gasteiger partial charge in [0.1, 0.15) is 35.4 Å². The van der Waals surface area contributed by atoms with Crippen LogP contribution in [-0.4, -0.2) is 26.4 Å². The van der Waals surface area contributed by atoms with Gasteiger partial charge in [0, 0.05) is 36.8 Å². The van der Waals surface area contributed by atoms with Gasteiger partial charge in [-0.1, -0.05) is 26.7 Å². The second kappa shape index (κ2) is 13.9. The van der Waals surface area contributed by atoms with Crippen molar-refractivity contribution in [3.63, 3.8) is 0 Å². The van der Waals surface area contributed by atoms with Crippen molar-refractivity contribution in [3.8, 4) is 24.3 Å². The Balaban J connectivity index is 1.96. The molecule has 0 bridgehead atoms. The van der Waals surface area contributed by atoms with E-state index in [1.807, 2.05) is 48.5 Å². The first-order valence-corrected chi connectivity index (χ1v) is 15.8. The standard InChI is InChI=1S/C31H30N4O2S3/c1-3-5-11-36-19-31(20-37-12-6-4-2)13-23-24(14-31)30(28-10-8-26(39-28)22(17-34)18-35)40-29(23)27-9-7-25(38-27)21(15-32)16-33/h7-10H,3-6,11-14,19-20H2,1-2H3/b29-27-,30-28+. The molecule has 3 heterocycles. The van der Waals surface area contributed by atoms with E-state index in [0.717, 1.165) is 69.9 Å². The molecule has 0 amide bonds. The van der Waals surface area contributed by atoms with E-state index in [-0.39, 0.29) is 16.6 Å². The maximum atomic E-state index is 9.39. The summed E-state index contributed by atoms with van der Waals surface area (Å²) in [5.74, 6) is 0. The normalized spacial score (nSPS) is 14.9. The van der Waals surface area contributed by atoms with Crippen molar-refractivity contribution < 1.29 is 9.47 Å². The van der Waals surface area contributed by atoms with Crippen LogP contribution in [0.2, 0.25) is 0 Å². The largest absolute Gasteiger partial charge is 0.381 e. The van der Waals surface area contributed by atoms with Gasteiger partial charge in [-0.05, 0) is 61.1 Å². The molecule has 204 valence electrons. The minimum atomic E-state index is -0.184. The van der Waals surface area contributed by atoms with Crippen LogP contribution in [0.5, 0.6) is 0 Å². The predicted molar refractivity (Wildman–Crippen MR) is 158 cm³/mol. The summed E-state index contributed by atoms with van der Waals surface area (Å²) in [5.41, 5.74) is 2.58. The van der Waals surface area contributed by atoms with Crippen LogP contribution < -0.4 is 9.06 Å². The summed E-state index contributed by atoms with van der Waals surface area (Å²) in [5, 5.41) is 37.6. The van der Waals surface area contributed by atoms with Crippen molar-refractivity contribution in [2.24, 2.45) is 5.41 Å². The molecule has 0 saturated heterocycles. The predicted octanol–water partition coefficient (Wildman–Crippen LogP) is 5.56. The molecule has 0 unspecified atom stereocenters. The molecule has 40 heavy (non-hydrogen) atoms. The minimum absolute atomic E-state index is 0.117. The summed E-state index contributed by atoms with van der Waals surface area (Å²) >= 11 is 4.63. The summed E-state index contributed by atoms with van der Waals surface area (Å²) in [4.78, 5) is 0. The number of hydrogen-bond acceptors (Lipinski definition) is 9. The number of thiophene rings is 3. The summed E-state index contributed by atoms with van der Waals surface area (Å²) in [6.45, 7) is 7.00. The smallest absolute Gasteiger partial charge is 0.146 e. The zero-order valence-electron chi connectivity index (χ0n) is 22.7. The van der Waals surface area contributed by atoms with E-state index in [0.29, 0.717) is 22.3 Å². The maximum Gasteiger partial charge on any atom is 0.146 e. The molecule has 0 aliphatic heterocycles. The monoisotopic (exact) mass is 586 g/mol. The number of unbranched alkanes of at least 4 members (excludes halogenated alkanes) is 2. The van der Waals surface area contributed by atoms with E-state index in [9.17, 15) is 21.0 Å². The van der Waals surface area contributed by atoms with Crippen LogP contribution in [0.3, 0.4) is 0 Å². The first-order chi connectivity index (χ1) is 19.5. The summed E-state index contributed by atoms with van der Waals surface area (Å²) in [6, 6.07) is 15.7. The van der Waals surface area contributed by atoms with Crippen molar-refractivity contribution in [3.05, 3.63) is 62.6 Å². The van der Waals surface area contributed by atoms with Crippen LogP contribution in [0.15, 0.2) is 24.3 Å². The lowest BCUT2D eigenvalue weighted by Crippen LogP contribution is -2.34. The van der Waals surface area contributed by atoms with Gasteiger partial charge in [0.15, 0.2) is 0 Å². The Hall–Kier alpha value is -3.28. The highest BCUT2D eigenvalue weighted by Crippen LogP contribution is 2.42. The van der Waals surface area contributed by atoms with Crippen molar-refractivity contribution in [1.82, 2.24) is 0 Å². The highest BCUT2D eigenvalue weighted by Gasteiger charge is 2.40. The van der Waals surface area contributed by atoms with E-state index >= 15 is 0 Å². The Kier molecular flexibility index (Phi) is 10.3. The van der Waals surface area contributed by atoms with E-state index in [2.05, 4.69) is 13.8 Å². The fourth-order valence-electron chi connectivity index (χ4n) is 4.86. The number of ether oxygens (including phenoxy) is 2. The zero-order valence-corrected chi connectivity index (χ0v) is 25.2. The fourth-order valence-corrected chi connectivity index (χ4v) is 8.37. The molecule has 0 saturated carbocycles. The van der Waals surface area contributed by atoms with Crippen molar-refractivity contribution in [2.45, 2.75) is 52.4 Å². The lowest BCUT2D eigenvalue weighted by Gasteiger charge is -2.29. The third-order valence-corrected chi connectivity index (χ3v) is 10.8. The van der Waals surface area contributed by atoms with Gasteiger partial charge in [-0.3, -0.25) is 0 Å². The minimum Gasteiger partial charge on any atom is -0.381 e. The van der Waals surface area contributed by atoms with Gasteiger partial charge in [0.05, 0.1) is 22.3 Å². The number of fused-ring (bicyclic) bond motifs is 1. The molecule has 1 aliphatic carbocycles. The number of nitriles is 4. The topological polar surface area (TPSA) is 114 Å². The van der Waals surface area contributed by atoms with Crippen LogP contribution in [0.1, 0.15) is 50.7 Å². The van der Waals surface area contributed by atoms with Gasteiger partial charge in [0.25, 0.3) is 0 Å². The molecule has 0 atom stereocenters. The van der Waals surface area contributed by atoms with E-state index in [1.165, 1.54) is 33.8 Å². The molecule has 0 spiro atoms. The fraction of sp³-hybridized carbons (Fsp3) is 0.419. The molecular formula is C31H30N4O2S3. The first kappa shape index (κ1) is 29.7. The molecule has 6 nitrogen and oxygen atoms in total. The maximum absolute atomic E-state index is 9.39. The number of nitrogens with zero attached hydrogens (tertiary/aromatic N) is 4. The molecule has 0 radical (unpaired) electrons. The number of rotatable bonds is 10. The Morgan fingerprint density at radius 3 is 1.50 bits per heavy atom. The third-order valence-electron chi connectivity index (χ3n) is 6.92. The van der Waals surface area contributed by atoms with Gasteiger partial charge in [-0.2, -0.15) is 21.0 Å².